The van der Waals surface area contributed by atoms with Crippen molar-refractivity contribution < 1.29 is 9.84 Å². The summed E-state index contributed by atoms with van der Waals surface area (Å²) in [4.78, 5) is 4.00. The molecule has 0 aliphatic carbocycles. The first-order valence-electron chi connectivity index (χ1n) is 4.37. The van der Waals surface area contributed by atoms with Crippen LogP contribution in [0.1, 0.15) is 13.8 Å². The van der Waals surface area contributed by atoms with Crippen molar-refractivity contribution >= 4 is 23.3 Å². The summed E-state index contributed by atoms with van der Waals surface area (Å²) in [5.74, 6) is 0.599. The van der Waals surface area contributed by atoms with E-state index in [1.165, 1.54) is 29.6 Å². The summed E-state index contributed by atoms with van der Waals surface area (Å²) in [6.45, 7) is 4.28. The summed E-state index contributed by atoms with van der Waals surface area (Å²) in [7, 11) is 0. The Labute approximate surface area is 91.9 Å². The van der Waals surface area contributed by atoms with Crippen molar-refractivity contribution in [2.75, 3.05) is 12.4 Å². The number of aliphatic hydroxyl groups excluding tert-OH is 1. The van der Waals surface area contributed by atoms with Crippen LogP contribution in [0.4, 0.5) is 0 Å². The van der Waals surface area contributed by atoms with E-state index < -0.39 is 6.10 Å². The first kappa shape index (κ1) is 11.9. The lowest BCUT2D eigenvalue weighted by molar-refractivity contribution is 0.0152. The molecule has 0 saturated heterocycles. The zero-order chi connectivity index (χ0) is 10.4. The number of nitrogens with zero attached hydrogens (tertiary/aromatic N) is 2. The van der Waals surface area contributed by atoms with Crippen LogP contribution in [0.25, 0.3) is 0 Å². The van der Waals surface area contributed by atoms with Crippen molar-refractivity contribution in [2.45, 2.75) is 30.4 Å². The van der Waals surface area contributed by atoms with Gasteiger partial charge in [-0.3, -0.25) is 0 Å². The molecule has 1 heterocycles. The quantitative estimate of drug-likeness (QED) is 0.754. The number of aliphatic hydroxyl groups is 1. The topological polar surface area (TPSA) is 55.2 Å². The van der Waals surface area contributed by atoms with Crippen LogP contribution in [-0.4, -0.2) is 39.0 Å². The van der Waals surface area contributed by atoms with Gasteiger partial charge in [0.05, 0.1) is 18.8 Å². The molecule has 0 spiro atoms. The fraction of sp³-hybridized carbons (Fsp3) is 0.750. The van der Waals surface area contributed by atoms with Gasteiger partial charge in [0, 0.05) is 5.75 Å². The molecule has 14 heavy (non-hydrogen) atoms. The second-order valence-corrected chi connectivity index (χ2v) is 5.10. The second-order valence-electron chi connectivity index (χ2n) is 3.05. The molecule has 0 aromatic carbocycles. The number of aromatic nitrogens is 2. The minimum Gasteiger partial charge on any atom is -0.390 e. The molecule has 80 valence electrons. The van der Waals surface area contributed by atoms with Gasteiger partial charge in [-0.2, -0.15) is 4.37 Å². The van der Waals surface area contributed by atoms with Crippen molar-refractivity contribution in [3.05, 3.63) is 6.33 Å². The van der Waals surface area contributed by atoms with Gasteiger partial charge < -0.3 is 9.84 Å². The Morgan fingerprint density at radius 2 is 2.43 bits per heavy atom. The molecule has 0 aliphatic rings. The lowest BCUT2D eigenvalue weighted by Crippen LogP contribution is -2.20. The highest BCUT2D eigenvalue weighted by molar-refractivity contribution is 8.00. The van der Waals surface area contributed by atoms with E-state index in [1.807, 2.05) is 13.8 Å². The smallest absolute Gasteiger partial charge is 0.169 e. The van der Waals surface area contributed by atoms with Gasteiger partial charge in [0.25, 0.3) is 0 Å². The highest BCUT2D eigenvalue weighted by Gasteiger charge is 2.07. The third-order valence-electron chi connectivity index (χ3n) is 1.36. The first-order valence-corrected chi connectivity index (χ1v) is 6.13. The molecule has 0 aliphatic heterocycles. The molecule has 1 atom stereocenters. The van der Waals surface area contributed by atoms with Crippen LogP contribution in [0.2, 0.25) is 0 Å². The van der Waals surface area contributed by atoms with E-state index in [1.54, 1.807) is 0 Å². The van der Waals surface area contributed by atoms with Gasteiger partial charge in [-0.1, -0.05) is 11.8 Å². The van der Waals surface area contributed by atoms with E-state index in [2.05, 4.69) is 9.36 Å². The first-order chi connectivity index (χ1) is 6.68. The molecule has 0 saturated carbocycles. The van der Waals surface area contributed by atoms with Gasteiger partial charge >= 0.3 is 0 Å². The summed E-state index contributed by atoms with van der Waals surface area (Å²) >= 11 is 2.84. The van der Waals surface area contributed by atoms with Gasteiger partial charge in [0.1, 0.15) is 6.33 Å². The molecule has 1 unspecified atom stereocenters. The molecule has 0 radical (unpaired) electrons. The largest absolute Gasteiger partial charge is 0.390 e. The van der Waals surface area contributed by atoms with Gasteiger partial charge in [-0.15, -0.1) is 0 Å². The second kappa shape index (κ2) is 6.34. The van der Waals surface area contributed by atoms with Gasteiger partial charge in [0.15, 0.2) is 4.34 Å². The maximum atomic E-state index is 9.51. The molecular weight excluding hydrogens is 220 g/mol. The maximum Gasteiger partial charge on any atom is 0.169 e. The van der Waals surface area contributed by atoms with Crippen molar-refractivity contribution in [1.29, 1.82) is 0 Å². The number of thioether (sulfide) groups is 1. The highest BCUT2D eigenvalue weighted by Crippen LogP contribution is 2.18. The van der Waals surface area contributed by atoms with E-state index in [0.29, 0.717) is 12.4 Å². The van der Waals surface area contributed by atoms with Crippen LogP contribution in [0.5, 0.6) is 0 Å². The predicted octanol–water partition coefficient (Wildman–Crippen LogP) is 1.42. The van der Waals surface area contributed by atoms with Crippen LogP contribution < -0.4 is 0 Å². The van der Waals surface area contributed by atoms with Crippen molar-refractivity contribution in [2.24, 2.45) is 0 Å². The van der Waals surface area contributed by atoms with Crippen molar-refractivity contribution in [3.8, 4) is 0 Å². The Kier molecular flexibility index (Phi) is 5.39. The molecular formula is C8H14N2O2S2. The highest BCUT2D eigenvalue weighted by atomic mass is 32.2. The third kappa shape index (κ3) is 4.90. The third-order valence-corrected chi connectivity index (χ3v) is 3.30. The molecule has 0 bridgehead atoms. The molecule has 0 amide bonds. The minimum absolute atomic E-state index is 0.163. The van der Waals surface area contributed by atoms with Gasteiger partial charge in [0.2, 0.25) is 0 Å². The average Bonchev–Trinajstić information content (AvgIpc) is 2.63. The summed E-state index contributed by atoms with van der Waals surface area (Å²) in [5.41, 5.74) is 0. The Bertz CT molecular complexity index is 241. The molecule has 1 rings (SSSR count). The van der Waals surface area contributed by atoms with Crippen LogP contribution in [0.15, 0.2) is 10.7 Å². The Hall–Kier alpha value is -0.170. The van der Waals surface area contributed by atoms with E-state index in [9.17, 15) is 5.11 Å². The predicted molar refractivity (Wildman–Crippen MR) is 57.7 cm³/mol. The van der Waals surface area contributed by atoms with E-state index in [-0.39, 0.29) is 6.10 Å². The molecule has 1 aromatic heterocycles. The fourth-order valence-electron chi connectivity index (χ4n) is 0.746. The normalized spacial score (nSPS) is 13.4. The number of ether oxygens (including phenoxy) is 1. The summed E-state index contributed by atoms with van der Waals surface area (Å²) in [6, 6.07) is 0. The summed E-state index contributed by atoms with van der Waals surface area (Å²) in [6.07, 6.45) is 1.24. The van der Waals surface area contributed by atoms with Gasteiger partial charge in [-0.05, 0) is 25.4 Å². The zero-order valence-electron chi connectivity index (χ0n) is 8.21. The standard InChI is InChI=1S/C8H14N2O2S2/c1-6(2)12-3-7(11)4-13-8-9-5-10-14-8/h5-7,11H,3-4H2,1-2H3. The number of hydrogen-bond donors (Lipinski definition) is 1. The number of hydrogen-bond acceptors (Lipinski definition) is 6. The van der Waals surface area contributed by atoms with Gasteiger partial charge in [-0.25, -0.2) is 4.98 Å². The summed E-state index contributed by atoms with van der Waals surface area (Å²) < 4.78 is 10.0. The SMILES string of the molecule is CC(C)OCC(O)CSc1ncns1. The Balaban J connectivity index is 2.12. The molecule has 1 aromatic rings. The molecule has 1 N–H and O–H groups in total. The van der Waals surface area contributed by atoms with Crippen LogP contribution in [-0.2, 0) is 4.74 Å². The van der Waals surface area contributed by atoms with Crippen molar-refractivity contribution in [3.63, 3.8) is 0 Å². The minimum atomic E-state index is -0.439. The average molecular weight is 234 g/mol. The van der Waals surface area contributed by atoms with Crippen LogP contribution in [0.3, 0.4) is 0 Å². The molecule has 6 heteroatoms. The zero-order valence-corrected chi connectivity index (χ0v) is 9.85. The monoisotopic (exact) mass is 234 g/mol. The number of rotatable bonds is 6. The molecule has 0 fully saturated rings. The van der Waals surface area contributed by atoms with E-state index in [0.717, 1.165) is 4.34 Å². The lowest BCUT2D eigenvalue weighted by atomic mass is 10.4. The van der Waals surface area contributed by atoms with Crippen molar-refractivity contribution in [1.82, 2.24) is 9.36 Å². The Morgan fingerprint density at radius 1 is 1.64 bits per heavy atom. The maximum absolute atomic E-state index is 9.51. The Morgan fingerprint density at radius 3 is 3.00 bits per heavy atom. The summed E-state index contributed by atoms with van der Waals surface area (Å²) in [5, 5.41) is 9.51. The van der Waals surface area contributed by atoms with Crippen LogP contribution in [0, 0.1) is 0 Å². The van der Waals surface area contributed by atoms with E-state index in [4.69, 9.17) is 4.74 Å². The fourth-order valence-corrected chi connectivity index (χ4v) is 2.12. The lowest BCUT2D eigenvalue weighted by Gasteiger charge is -2.11. The van der Waals surface area contributed by atoms with E-state index >= 15 is 0 Å². The molecule has 4 nitrogen and oxygen atoms in total. The van der Waals surface area contributed by atoms with Crippen LogP contribution >= 0.6 is 23.3 Å².